The van der Waals surface area contributed by atoms with Gasteiger partial charge in [-0.05, 0) is 32.0 Å². The molecule has 90 valence electrons. The van der Waals surface area contributed by atoms with Gasteiger partial charge in [-0.15, -0.1) is 0 Å². The summed E-state index contributed by atoms with van der Waals surface area (Å²) < 4.78 is 10.6. The molecule has 1 unspecified atom stereocenters. The maximum absolute atomic E-state index is 5.95. The smallest absolute Gasteiger partial charge is 0.142 e. The zero-order valence-corrected chi connectivity index (χ0v) is 10.7. The number of hydrogen-bond acceptors (Lipinski definition) is 3. The van der Waals surface area contributed by atoms with E-state index in [2.05, 4.69) is 5.32 Å². The molecule has 1 N–H and O–H groups in total. The molecule has 1 atom stereocenters. The Morgan fingerprint density at radius 2 is 2.19 bits per heavy atom. The second-order valence-corrected chi connectivity index (χ2v) is 4.01. The highest BCUT2D eigenvalue weighted by atomic mass is 35.5. The lowest BCUT2D eigenvalue weighted by Crippen LogP contribution is -2.21. The summed E-state index contributed by atoms with van der Waals surface area (Å²) in [6.45, 7) is 5.27. The third-order valence-electron chi connectivity index (χ3n) is 2.06. The van der Waals surface area contributed by atoms with Crippen molar-refractivity contribution in [3.8, 4) is 5.75 Å². The number of hydrogen-bond donors (Lipinski definition) is 1. The van der Waals surface area contributed by atoms with Gasteiger partial charge in [-0.2, -0.15) is 0 Å². The summed E-state index contributed by atoms with van der Waals surface area (Å²) in [5, 5.41) is 3.99. The van der Waals surface area contributed by atoms with E-state index in [4.69, 9.17) is 21.1 Å². The summed E-state index contributed by atoms with van der Waals surface area (Å²) in [7, 11) is 1.68. The molecule has 0 aromatic heterocycles. The summed E-state index contributed by atoms with van der Waals surface area (Å²) in [6, 6.07) is 5.76. The molecule has 0 radical (unpaired) electrons. The molecule has 1 rings (SSSR count). The van der Waals surface area contributed by atoms with E-state index in [0.717, 1.165) is 11.4 Å². The molecule has 3 nitrogen and oxygen atoms in total. The van der Waals surface area contributed by atoms with Gasteiger partial charge in [0.15, 0.2) is 0 Å². The zero-order valence-electron chi connectivity index (χ0n) is 9.92. The highest BCUT2D eigenvalue weighted by Gasteiger charge is 2.07. The van der Waals surface area contributed by atoms with E-state index in [0.29, 0.717) is 18.2 Å². The average Bonchev–Trinajstić information content (AvgIpc) is 2.22. The second kappa shape index (κ2) is 6.61. The Labute approximate surface area is 102 Å². The SMILES string of the molecule is CCOc1ccc(Cl)cc1NC(C)COC. The van der Waals surface area contributed by atoms with Gasteiger partial charge in [0, 0.05) is 18.2 Å². The first-order valence-electron chi connectivity index (χ1n) is 5.35. The van der Waals surface area contributed by atoms with Crippen LogP contribution in [0, 0.1) is 0 Å². The number of anilines is 1. The van der Waals surface area contributed by atoms with E-state index in [1.54, 1.807) is 7.11 Å². The lowest BCUT2D eigenvalue weighted by Gasteiger charge is -2.17. The fourth-order valence-corrected chi connectivity index (χ4v) is 1.63. The highest BCUT2D eigenvalue weighted by molar-refractivity contribution is 6.30. The van der Waals surface area contributed by atoms with Gasteiger partial charge in [0.1, 0.15) is 5.75 Å². The Morgan fingerprint density at radius 1 is 1.44 bits per heavy atom. The molecule has 0 saturated carbocycles. The monoisotopic (exact) mass is 243 g/mol. The summed E-state index contributed by atoms with van der Waals surface area (Å²) in [6.07, 6.45) is 0. The van der Waals surface area contributed by atoms with Gasteiger partial charge in [0.2, 0.25) is 0 Å². The molecule has 0 aliphatic heterocycles. The van der Waals surface area contributed by atoms with Gasteiger partial charge in [-0.1, -0.05) is 11.6 Å². The number of halogens is 1. The summed E-state index contributed by atoms with van der Waals surface area (Å²) in [5.74, 6) is 0.815. The van der Waals surface area contributed by atoms with E-state index in [9.17, 15) is 0 Å². The van der Waals surface area contributed by atoms with Gasteiger partial charge in [0.25, 0.3) is 0 Å². The van der Waals surface area contributed by atoms with Gasteiger partial charge in [-0.25, -0.2) is 0 Å². The van der Waals surface area contributed by atoms with Crippen molar-refractivity contribution < 1.29 is 9.47 Å². The maximum Gasteiger partial charge on any atom is 0.142 e. The third kappa shape index (κ3) is 3.91. The predicted molar refractivity (Wildman–Crippen MR) is 67.6 cm³/mol. The van der Waals surface area contributed by atoms with Crippen LogP contribution in [0.3, 0.4) is 0 Å². The minimum absolute atomic E-state index is 0.211. The molecule has 1 aromatic rings. The van der Waals surface area contributed by atoms with Crippen LogP contribution in [0.4, 0.5) is 5.69 Å². The van der Waals surface area contributed by atoms with Crippen LogP contribution in [0.15, 0.2) is 18.2 Å². The molecule has 0 spiro atoms. The van der Waals surface area contributed by atoms with Crippen molar-refractivity contribution in [1.29, 1.82) is 0 Å². The molecule has 4 heteroatoms. The second-order valence-electron chi connectivity index (χ2n) is 3.57. The van der Waals surface area contributed by atoms with Crippen LogP contribution >= 0.6 is 11.6 Å². The van der Waals surface area contributed by atoms with Crippen molar-refractivity contribution in [2.24, 2.45) is 0 Å². The lowest BCUT2D eigenvalue weighted by molar-refractivity contribution is 0.190. The Bertz CT molecular complexity index is 331. The first-order valence-corrected chi connectivity index (χ1v) is 5.73. The highest BCUT2D eigenvalue weighted by Crippen LogP contribution is 2.28. The molecule has 0 bridgehead atoms. The van der Waals surface area contributed by atoms with Gasteiger partial charge in [-0.3, -0.25) is 0 Å². The molecular weight excluding hydrogens is 226 g/mol. The van der Waals surface area contributed by atoms with Crippen LogP contribution in [0.1, 0.15) is 13.8 Å². The van der Waals surface area contributed by atoms with Crippen LogP contribution < -0.4 is 10.1 Å². The zero-order chi connectivity index (χ0) is 12.0. The molecule has 0 fully saturated rings. The fraction of sp³-hybridized carbons (Fsp3) is 0.500. The van der Waals surface area contributed by atoms with Crippen LogP contribution in [0.25, 0.3) is 0 Å². The quantitative estimate of drug-likeness (QED) is 0.833. The van der Waals surface area contributed by atoms with Crippen LogP contribution in [0.5, 0.6) is 5.75 Å². The van der Waals surface area contributed by atoms with Crippen LogP contribution in [-0.4, -0.2) is 26.4 Å². The van der Waals surface area contributed by atoms with Crippen molar-refractivity contribution in [1.82, 2.24) is 0 Å². The largest absolute Gasteiger partial charge is 0.492 e. The van der Waals surface area contributed by atoms with Gasteiger partial charge >= 0.3 is 0 Å². The van der Waals surface area contributed by atoms with Crippen molar-refractivity contribution in [3.05, 3.63) is 23.2 Å². The molecule has 0 aliphatic carbocycles. The van der Waals surface area contributed by atoms with Crippen molar-refractivity contribution in [2.75, 3.05) is 25.6 Å². The van der Waals surface area contributed by atoms with E-state index in [1.165, 1.54) is 0 Å². The minimum Gasteiger partial charge on any atom is -0.492 e. The number of methoxy groups -OCH3 is 1. The van der Waals surface area contributed by atoms with E-state index < -0.39 is 0 Å². The molecular formula is C12H18ClNO2. The van der Waals surface area contributed by atoms with Crippen LogP contribution in [0.2, 0.25) is 5.02 Å². The van der Waals surface area contributed by atoms with Gasteiger partial charge < -0.3 is 14.8 Å². The van der Waals surface area contributed by atoms with Gasteiger partial charge in [0.05, 0.1) is 18.9 Å². The van der Waals surface area contributed by atoms with E-state index in [-0.39, 0.29) is 6.04 Å². The number of ether oxygens (including phenoxy) is 2. The Kier molecular flexibility index (Phi) is 5.43. The van der Waals surface area contributed by atoms with E-state index >= 15 is 0 Å². The number of benzene rings is 1. The molecule has 0 aliphatic rings. The first kappa shape index (κ1) is 13.1. The normalized spacial score (nSPS) is 12.2. The topological polar surface area (TPSA) is 30.5 Å². The fourth-order valence-electron chi connectivity index (χ4n) is 1.45. The minimum atomic E-state index is 0.211. The first-order chi connectivity index (χ1) is 7.67. The number of nitrogens with one attached hydrogen (secondary N) is 1. The van der Waals surface area contributed by atoms with Crippen molar-refractivity contribution in [2.45, 2.75) is 19.9 Å². The Hall–Kier alpha value is -0.930. The van der Waals surface area contributed by atoms with Crippen molar-refractivity contribution >= 4 is 17.3 Å². The summed E-state index contributed by atoms with van der Waals surface area (Å²) >= 11 is 5.95. The standard InChI is InChI=1S/C12H18ClNO2/c1-4-16-12-6-5-10(13)7-11(12)14-9(2)8-15-3/h5-7,9,14H,4,8H2,1-3H3. The van der Waals surface area contributed by atoms with Crippen molar-refractivity contribution in [3.63, 3.8) is 0 Å². The summed E-state index contributed by atoms with van der Waals surface area (Å²) in [4.78, 5) is 0. The third-order valence-corrected chi connectivity index (χ3v) is 2.30. The Balaban J connectivity index is 2.78. The molecule has 0 saturated heterocycles. The maximum atomic E-state index is 5.95. The molecule has 0 amide bonds. The molecule has 0 heterocycles. The average molecular weight is 244 g/mol. The molecule has 1 aromatic carbocycles. The number of rotatable bonds is 6. The van der Waals surface area contributed by atoms with E-state index in [1.807, 2.05) is 32.0 Å². The Morgan fingerprint density at radius 3 is 2.81 bits per heavy atom. The summed E-state index contributed by atoms with van der Waals surface area (Å²) in [5.41, 5.74) is 0.902. The predicted octanol–water partition coefficient (Wildman–Crippen LogP) is 3.19. The van der Waals surface area contributed by atoms with Crippen LogP contribution in [-0.2, 0) is 4.74 Å². The molecule has 16 heavy (non-hydrogen) atoms. The lowest BCUT2D eigenvalue weighted by atomic mass is 10.2.